The fourth-order valence-electron chi connectivity index (χ4n) is 1.78. The van der Waals surface area contributed by atoms with Crippen LogP contribution in [0.2, 0.25) is 0 Å². The van der Waals surface area contributed by atoms with Gasteiger partial charge in [0.1, 0.15) is 0 Å². The van der Waals surface area contributed by atoms with Crippen molar-refractivity contribution in [2.75, 3.05) is 37.6 Å². The van der Waals surface area contributed by atoms with E-state index in [2.05, 4.69) is 14.9 Å². The number of piperazine rings is 1. The first kappa shape index (κ1) is 11.0. The lowest BCUT2D eigenvalue weighted by molar-refractivity contribution is -0.116. The van der Waals surface area contributed by atoms with E-state index in [0.717, 1.165) is 32.1 Å². The zero-order valence-corrected chi connectivity index (χ0v) is 9.04. The van der Waals surface area contributed by atoms with Crippen molar-refractivity contribution in [3.8, 4) is 0 Å². The number of carbonyl (C=O) groups excluding carboxylic acids is 1. The topological polar surface area (TPSA) is 49.3 Å². The van der Waals surface area contributed by atoms with Crippen LogP contribution in [0.4, 0.5) is 5.95 Å². The first-order chi connectivity index (χ1) is 7.75. The highest BCUT2D eigenvalue weighted by atomic mass is 16.1. The third kappa shape index (κ3) is 2.76. The molecule has 1 saturated heterocycles. The Labute approximate surface area is 95.1 Å². The van der Waals surface area contributed by atoms with Crippen molar-refractivity contribution in [2.45, 2.75) is 0 Å². The molecule has 0 unspecified atom stereocenters. The lowest BCUT2D eigenvalue weighted by Gasteiger charge is -2.33. The second-order valence-electron chi connectivity index (χ2n) is 3.78. The van der Waals surface area contributed by atoms with Gasteiger partial charge in [-0.2, -0.15) is 0 Å². The molecule has 5 heteroatoms. The largest absolute Gasteiger partial charge is 0.338 e. The molecule has 16 heavy (non-hydrogen) atoms. The summed E-state index contributed by atoms with van der Waals surface area (Å²) in [4.78, 5) is 23.3. The van der Waals surface area contributed by atoms with Gasteiger partial charge in [0, 0.05) is 45.5 Å². The number of Topliss-reactive ketones (excluding diaryl/α,β-unsaturated/α-hetero) is 1. The molecule has 0 aromatic carbocycles. The number of anilines is 1. The summed E-state index contributed by atoms with van der Waals surface area (Å²) in [6.07, 6.45) is 3.47. The monoisotopic (exact) mass is 218 g/mol. The van der Waals surface area contributed by atoms with E-state index < -0.39 is 0 Å². The van der Waals surface area contributed by atoms with Crippen molar-refractivity contribution in [3.05, 3.63) is 25.4 Å². The predicted molar refractivity (Wildman–Crippen MR) is 60.0 cm³/mol. The highest BCUT2D eigenvalue weighted by Gasteiger charge is 2.19. The van der Waals surface area contributed by atoms with E-state index in [9.17, 15) is 4.79 Å². The van der Waals surface area contributed by atoms with E-state index in [1.807, 2.05) is 4.90 Å². The summed E-state index contributed by atoms with van der Waals surface area (Å²) in [7, 11) is 0. The Morgan fingerprint density at radius 3 is 2.44 bits per heavy atom. The number of hydrogen-bond donors (Lipinski definition) is 0. The number of rotatable bonds is 3. The Hall–Kier alpha value is -1.49. The molecule has 2 radical (unpaired) electrons. The highest BCUT2D eigenvalue weighted by molar-refractivity contribution is 5.84. The van der Waals surface area contributed by atoms with Gasteiger partial charge in [0.05, 0.1) is 6.54 Å². The van der Waals surface area contributed by atoms with Crippen LogP contribution < -0.4 is 4.90 Å². The number of aromatic nitrogens is 2. The van der Waals surface area contributed by atoms with E-state index in [4.69, 9.17) is 6.92 Å². The van der Waals surface area contributed by atoms with Crippen LogP contribution in [0.15, 0.2) is 18.5 Å². The van der Waals surface area contributed by atoms with Crippen LogP contribution in [0.25, 0.3) is 0 Å². The van der Waals surface area contributed by atoms with Crippen molar-refractivity contribution >= 4 is 11.7 Å². The third-order valence-electron chi connectivity index (χ3n) is 2.59. The van der Waals surface area contributed by atoms with Crippen LogP contribution in [0, 0.1) is 6.92 Å². The van der Waals surface area contributed by atoms with Gasteiger partial charge in [-0.3, -0.25) is 9.69 Å². The van der Waals surface area contributed by atoms with Crippen molar-refractivity contribution in [2.24, 2.45) is 0 Å². The lowest BCUT2D eigenvalue weighted by Crippen LogP contribution is -2.48. The van der Waals surface area contributed by atoms with E-state index >= 15 is 0 Å². The van der Waals surface area contributed by atoms with Gasteiger partial charge in [-0.05, 0) is 6.07 Å². The van der Waals surface area contributed by atoms with Crippen molar-refractivity contribution in [3.63, 3.8) is 0 Å². The average molecular weight is 218 g/mol. The molecule has 0 amide bonds. The zero-order chi connectivity index (χ0) is 11.4. The number of ketones is 1. The van der Waals surface area contributed by atoms with Crippen LogP contribution in [0.1, 0.15) is 0 Å². The van der Waals surface area contributed by atoms with Crippen LogP contribution >= 0.6 is 0 Å². The molecule has 0 atom stereocenters. The Kier molecular flexibility index (Phi) is 3.46. The second kappa shape index (κ2) is 5.03. The summed E-state index contributed by atoms with van der Waals surface area (Å²) in [5.41, 5.74) is 0. The standard InChI is InChI=1S/C11H14N4O/c1-10(16)9-14-5-7-15(8-6-14)11-12-3-2-4-13-11/h1-4H,5-9H2. The quantitative estimate of drug-likeness (QED) is 0.708. The molecule has 1 fully saturated rings. The minimum atomic E-state index is -0.274. The van der Waals surface area contributed by atoms with Crippen LogP contribution in [0.5, 0.6) is 0 Å². The van der Waals surface area contributed by atoms with Gasteiger partial charge in [-0.1, -0.05) is 0 Å². The van der Waals surface area contributed by atoms with E-state index in [1.165, 1.54) is 0 Å². The maximum absolute atomic E-state index is 10.8. The molecule has 1 aliphatic heterocycles. The predicted octanol–water partition coefficient (Wildman–Crippen LogP) is -0.121. The highest BCUT2D eigenvalue weighted by Crippen LogP contribution is 2.09. The normalized spacial score (nSPS) is 17.4. The van der Waals surface area contributed by atoms with Gasteiger partial charge in [0.25, 0.3) is 0 Å². The first-order valence-electron chi connectivity index (χ1n) is 5.28. The van der Waals surface area contributed by atoms with Gasteiger partial charge >= 0.3 is 0 Å². The van der Waals surface area contributed by atoms with Gasteiger partial charge in [0.15, 0.2) is 5.78 Å². The maximum atomic E-state index is 10.8. The summed E-state index contributed by atoms with van der Waals surface area (Å²) < 4.78 is 0. The maximum Gasteiger partial charge on any atom is 0.225 e. The smallest absolute Gasteiger partial charge is 0.225 e. The summed E-state index contributed by atoms with van der Waals surface area (Å²) in [5.74, 6) is 0.477. The Balaban J connectivity index is 1.88. The minimum Gasteiger partial charge on any atom is -0.338 e. The Bertz CT molecular complexity index is 346. The number of carbonyl (C=O) groups is 1. The van der Waals surface area contributed by atoms with E-state index in [0.29, 0.717) is 6.54 Å². The molecule has 1 aliphatic rings. The summed E-state index contributed by atoms with van der Waals surface area (Å²) in [5, 5.41) is 0. The molecule has 0 spiro atoms. The molecule has 0 bridgehead atoms. The molecule has 1 aromatic rings. The molecule has 2 rings (SSSR count). The molecule has 0 saturated carbocycles. The van der Waals surface area contributed by atoms with Gasteiger partial charge < -0.3 is 4.90 Å². The number of nitrogens with zero attached hydrogens (tertiary/aromatic N) is 4. The van der Waals surface area contributed by atoms with Crippen LogP contribution in [0.3, 0.4) is 0 Å². The number of hydrogen-bond acceptors (Lipinski definition) is 5. The van der Waals surface area contributed by atoms with Crippen molar-refractivity contribution in [1.82, 2.24) is 14.9 Å². The molecular formula is C11H14N4O. The third-order valence-corrected chi connectivity index (χ3v) is 2.59. The second-order valence-corrected chi connectivity index (χ2v) is 3.78. The first-order valence-corrected chi connectivity index (χ1v) is 5.28. The molecule has 0 aliphatic carbocycles. The average Bonchev–Trinajstić information content (AvgIpc) is 2.30. The molecule has 1 aromatic heterocycles. The molecule has 2 heterocycles. The van der Waals surface area contributed by atoms with Crippen LogP contribution in [-0.2, 0) is 4.79 Å². The van der Waals surface area contributed by atoms with Gasteiger partial charge in [0.2, 0.25) is 5.95 Å². The fourth-order valence-corrected chi connectivity index (χ4v) is 1.78. The SMILES string of the molecule is [CH]C(=O)CN1CCN(c2ncccn2)CC1. The molecule has 84 valence electrons. The Morgan fingerprint density at radius 1 is 1.25 bits per heavy atom. The lowest BCUT2D eigenvalue weighted by atomic mass is 10.3. The molecule has 5 nitrogen and oxygen atoms in total. The van der Waals surface area contributed by atoms with Crippen LogP contribution in [-0.4, -0.2) is 53.4 Å². The van der Waals surface area contributed by atoms with E-state index in [-0.39, 0.29) is 5.78 Å². The fraction of sp³-hybridized carbons (Fsp3) is 0.455. The molecular weight excluding hydrogens is 204 g/mol. The summed E-state index contributed by atoms with van der Waals surface area (Å²) in [6, 6.07) is 1.80. The summed E-state index contributed by atoms with van der Waals surface area (Å²) >= 11 is 0. The minimum absolute atomic E-state index is 0.274. The summed E-state index contributed by atoms with van der Waals surface area (Å²) in [6.45, 7) is 8.79. The van der Waals surface area contributed by atoms with Gasteiger partial charge in [-0.15, -0.1) is 0 Å². The molecule has 0 N–H and O–H groups in total. The van der Waals surface area contributed by atoms with Gasteiger partial charge in [-0.25, -0.2) is 9.97 Å². The Morgan fingerprint density at radius 2 is 1.88 bits per heavy atom. The van der Waals surface area contributed by atoms with Crippen molar-refractivity contribution in [1.29, 1.82) is 0 Å². The van der Waals surface area contributed by atoms with E-state index in [1.54, 1.807) is 18.5 Å². The zero-order valence-electron chi connectivity index (χ0n) is 9.04. The van der Waals surface area contributed by atoms with Crippen molar-refractivity contribution < 1.29 is 4.79 Å².